The third kappa shape index (κ3) is 5.11. The van der Waals surface area contributed by atoms with Crippen molar-refractivity contribution in [1.29, 1.82) is 0 Å². The van der Waals surface area contributed by atoms with Crippen molar-refractivity contribution in [2.24, 2.45) is 5.73 Å². The molecule has 4 aromatic rings. The lowest BCUT2D eigenvalue weighted by molar-refractivity contribution is 0.0344. The molecule has 0 spiro atoms. The highest BCUT2D eigenvalue weighted by molar-refractivity contribution is 5.88. The fourth-order valence-electron chi connectivity index (χ4n) is 4.61. The predicted octanol–water partition coefficient (Wildman–Crippen LogP) is 3.61. The molecule has 182 valence electrons. The van der Waals surface area contributed by atoms with E-state index < -0.39 is 0 Å². The highest BCUT2D eigenvalue weighted by atomic mass is 16.5. The van der Waals surface area contributed by atoms with Crippen molar-refractivity contribution in [1.82, 2.24) is 24.6 Å². The molecule has 1 atom stereocenters. The molecule has 1 unspecified atom stereocenters. The largest absolute Gasteiger partial charge is 0.390 e. The van der Waals surface area contributed by atoms with Gasteiger partial charge >= 0.3 is 0 Å². The highest BCUT2D eigenvalue weighted by Gasteiger charge is 2.18. The Hall–Kier alpha value is -3.17. The lowest BCUT2D eigenvalue weighted by Crippen LogP contribution is -2.35. The zero-order valence-electron chi connectivity index (χ0n) is 20.1. The molecule has 4 heterocycles. The standard InChI is InChI=1S/C27H32N6O2/c1-2-5-23(28)25-8-4-7-24(31-25)19-14-20(17-32-10-12-35-13-11-32)22-16-29-33(26(22)15-19)27-9-3-6-21(18-34)30-27/h3-4,6-9,14-16,23,34H,2,5,10-13,17-18,28H2,1H3. The van der Waals surface area contributed by atoms with Crippen LogP contribution in [0, 0.1) is 0 Å². The van der Waals surface area contributed by atoms with E-state index in [1.165, 1.54) is 5.56 Å². The second kappa shape index (κ2) is 10.6. The number of rotatable bonds is 8. The van der Waals surface area contributed by atoms with Crippen LogP contribution in [0.2, 0.25) is 0 Å². The Labute approximate surface area is 205 Å². The summed E-state index contributed by atoms with van der Waals surface area (Å²) in [5.74, 6) is 0.674. The van der Waals surface area contributed by atoms with E-state index in [4.69, 9.17) is 15.5 Å². The molecule has 8 heteroatoms. The summed E-state index contributed by atoms with van der Waals surface area (Å²) in [6.07, 6.45) is 3.82. The summed E-state index contributed by atoms with van der Waals surface area (Å²) in [6, 6.07) is 15.9. The first-order valence-corrected chi connectivity index (χ1v) is 12.3. The molecule has 5 rings (SSSR count). The van der Waals surface area contributed by atoms with Crippen molar-refractivity contribution in [2.45, 2.75) is 39.0 Å². The van der Waals surface area contributed by atoms with Crippen LogP contribution in [0.5, 0.6) is 0 Å². The molecule has 3 N–H and O–H groups in total. The number of hydrogen-bond acceptors (Lipinski definition) is 7. The van der Waals surface area contributed by atoms with Crippen LogP contribution in [0.3, 0.4) is 0 Å². The maximum Gasteiger partial charge on any atom is 0.154 e. The normalized spacial score (nSPS) is 15.5. The van der Waals surface area contributed by atoms with Crippen molar-refractivity contribution < 1.29 is 9.84 Å². The van der Waals surface area contributed by atoms with Gasteiger partial charge in [0.05, 0.1) is 48.6 Å². The molecule has 1 aliphatic heterocycles. The lowest BCUT2D eigenvalue weighted by Gasteiger charge is -2.27. The molecule has 0 radical (unpaired) electrons. The van der Waals surface area contributed by atoms with Crippen LogP contribution in [0.4, 0.5) is 0 Å². The minimum absolute atomic E-state index is 0.0764. The molecule has 8 nitrogen and oxygen atoms in total. The fraction of sp³-hybridized carbons (Fsp3) is 0.370. The van der Waals surface area contributed by atoms with Gasteiger partial charge in [0.15, 0.2) is 5.82 Å². The summed E-state index contributed by atoms with van der Waals surface area (Å²) >= 11 is 0. The molecule has 0 bridgehead atoms. The molecule has 0 amide bonds. The van der Waals surface area contributed by atoms with Crippen LogP contribution in [-0.4, -0.2) is 56.1 Å². The number of aliphatic hydroxyl groups excluding tert-OH is 1. The third-order valence-electron chi connectivity index (χ3n) is 6.49. The Morgan fingerprint density at radius 2 is 1.91 bits per heavy atom. The van der Waals surface area contributed by atoms with Gasteiger partial charge in [-0.3, -0.25) is 9.88 Å². The van der Waals surface area contributed by atoms with Crippen LogP contribution in [0.15, 0.2) is 54.7 Å². The van der Waals surface area contributed by atoms with E-state index >= 15 is 0 Å². The number of aromatic nitrogens is 4. The summed E-state index contributed by atoms with van der Waals surface area (Å²) in [7, 11) is 0. The average molecular weight is 473 g/mol. The van der Waals surface area contributed by atoms with Gasteiger partial charge in [0, 0.05) is 36.6 Å². The van der Waals surface area contributed by atoms with Gasteiger partial charge in [-0.25, -0.2) is 9.67 Å². The summed E-state index contributed by atoms with van der Waals surface area (Å²) < 4.78 is 7.39. The molecule has 3 aromatic heterocycles. The van der Waals surface area contributed by atoms with Gasteiger partial charge in [-0.05, 0) is 48.4 Å². The number of benzene rings is 1. The summed E-state index contributed by atoms with van der Waals surface area (Å²) in [4.78, 5) is 11.9. The predicted molar refractivity (Wildman–Crippen MR) is 136 cm³/mol. The summed E-state index contributed by atoms with van der Waals surface area (Å²) in [5.41, 5.74) is 12.0. The highest BCUT2D eigenvalue weighted by Crippen LogP contribution is 2.30. The van der Waals surface area contributed by atoms with E-state index in [0.29, 0.717) is 11.5 Å². The first-order chi connectivity index (χ1) is 17.2. The second-order valence-corrected chi connectivity index (χ2v) is 9.00. The van der Waals surface area contributed by atoms with Gasteiger partial charge in [0.25, 0.3) is 0 Å². The van der Waals surface area contributed by atoms with E-state index in [1.807, 2.05) is 41.2 Å². The SMILES string of the molecule is CCCC(N)c1cccc(-c2cc(CN3CCOCC3)c3cnn(-c4cccc(CO)n4)c3c2)n1. The third-order valence-corrected chi connectivity index (χ3v) is 6.49. The zero-order chi connectivity index (χ0) is 24.2. The molecule has 0 saturated carbocycles. The molecule has 1 aromatic carbocycles. The topological polar surface area (TPSA) is 102 Å². The molecule has 35 heavy (non-hydrogen) atoms. The number of pyridine rings is 2. The maximum absolute atomic E-state index is 9.57. The Kier molecular flexibility index (Phi) is 7.15. The van der Waals surface area contributed by atoms with E-state index in [1.54, 1.807) is 6.07 Å². The van der Waals surface area contributed by atoms with E-state index in [-0.39, 0.29) is 12.6 Å². The van der Waals surface area contributed by atoms with Crippen molar-refractivity contribution in [3.63, 3.8) is 0 Å². The van der Waals surface area contributed by atoms with Crippen LogP contribution < -0.4 is 5.73 Å². The lowest BCUT2D eigenvalue weighted by atomic mass is 10.0. The van der Waals surface area contributed by atoms with Crippen molar-refractivity contribution in [2.75, 3.05) is 26.3 Å². The number of ether oxygens (including phenoxy) is 1. The molecule has 0 aliphatic carbocycles. The van der Waals surface area contributed by atoms with Crippen LogP contribution >= 0.6 is 0 Å². The van der Waals surface area contributed by atoms with Crippen LogP contribution in [-0.2, 0) is 17.9 Å². The van der Waals surface area contributed by atoms with E-state index in [2.05, 4.69) is 34.0 Å². The van der Waals surface area contributed by atoms with Gasteiger partial charge in [-0.1, -0.05) is 25.5 Å². The number of morpholine rings is 1. The molecule has 1 aliphatic rings. The minimum atomic E-state index is -0.116. The average Bonchev–Trinajstić information content (AvgIpc) is 3.34. The first-order valence-electron chi connectivity index (χ1n) is 12.3. The van der Waals surface area contributed by atoms with E-state index in [0.717, 1.165) is 73.5 Å². The van der Waals surface area contributed by atoms with Gasteiger partial charge in [-0.15, -0.1) is 0 Å². The smallest absolute Gasteiger partial charge is 0.154 e. The molecule has 1 fully saturated rings. The minimum Gasteiger partial charge on any atom is -0.390 e. The monoisotopic (exact) mass is 472 g/mol. The van der Waals surface area contributed by atoms with Crippen molar-refractivity contribution >= 4 is 10.9 Å². The maximum atomic E-state index is 9.57. The first kappa shape index (κ1) is 23.6. The van der Waals surface area contributed by atoms with Crippen molar-refractivity contribution in [3.05, 3.63) is 71.7 Å². The number of nitrogens with two attached hydrogens (primary N) is 1. The quantitative estimate of drug-likeness (QED) is 0.404. The number of nitrogens with zero attached hydrogens (tertiary/aromatic N) is 5. The second-order valence-electron chi connectivity index (χ2n) is 9.00. The molecular weight excluding hydrogens is 440 g/mol. The molecule has 1 saturated heterocycles. The number of fused-ring (bicyclic) bond motifs is 1. The number of hydrogen-bond donors (Lipinski definition) is 2. The van der Waals surface area contributed by atoms with Gasteiger partial charge in [-0.2, -0.15) is 5.10 Å². The summed E-state index contributed by atoms with van der Waals surface area (Å²) in [5, 5.41) is 15.3. The zero-order valence-corrected chi connectivity index (χ0v) is 20.1. The van der Waals surface area contributed by atoms with Gasteiger partial charge in [0.2, 0.25) is 0 Å². The van der Waals surface area contributed by atoms with E-state index in [9.17, 15) is 5.11 Å². The Morgan fingerprint density at radius 1 is 1.09 bits per heavy atom. The van der Waals surface area contributed by atoms with Gasteiger partial charge < -0.3 is 15.6 Å². The Balaban J connectivity index is 1.62. The van der Waals surface area contributed by atoms with Crippen LogP contribution in [0.25, 0.3) is 28.0 Å². The summed E-state index contributed by atoms with van der Waals surface area (Å²) in [6.45, 7) is 6.13. The fourth-order valence-corrected chi connectivity index (χ4v) is 4.61. The van der Waals surface area contributed by atoms with Gasteiger partial charge in [0.1, 0.15) is 0 Å². The Morgan fingerprint density at radius 3 is 2.71 bits per heavy atom. The number of aliphatic hydroxyl groups is 1. The van der Waals surface area contributed by atoms with Crippen LogP contribution in [0.1, 0.15) is 42.8 Å². The molecular formula is C27H32N6O2. The Bertz CT molecular complexity index is 1300. The van der Waals surface area contributed by atoms with Crippen molar-refractivity contribution in [3.8, 4) is 17.1 Å².